The van der Waals surface area contributed by atoms with Crippen LogP contribution < -0.4 is 5.32 Å². The quantitative estimate of drug-likeness (QED) is 0.390. The molecule has 156 valence electrons. The average Bonchev–Trinajstić information content (AvgIpc) is 3.18. The second-order valence-electron chi connectivity index (χ2n) is 8.18. The molecule has 4 nitrogen and oxygen atoms in total. The van der Waals surface area contributed by atoms with Gasteiger partial charge in [0.15, 0.2) is 0 Å². The van der Waals surface area contributed by atoms with Gasteiger partial charge < -0.3 is 20.1 Å². The van der Waals surface area contributed by atoms with Gasteiger partial charge in [-0.1, -0.05) is 48.2 Å². The number of methoxy groups -OCH3 is 1. The molecule has 2 aliphatic rings. The molecule has 2 aromatic rings. The molecule has 0 bridgehead atoms. The summed E-state index contributed by atoms with van der Waals surface area (Å²) in [5, 5.41) is 13.2. The van der Waals surface area contributed by atoms with Crippen LogP contribution in [0, 0.1) is 11.8 Å². The highest BCUT2D eigenvalue weighted by Crippen LogP contribution is 2.38. The van der Waals surface area contributed by atoms with Crippen LogP contribution in [-0.4, -0.2) is 40.9 Å². The van der Waals surface area contributed by atoms with E-state index in [9.17, 15) is 5.11 Å². The first-order valence-corrected chi connectivity index (χ1v) is 10.7. The van der Waals surface area contributed by atoms with Crippen molar-refractivity contribution in [2.75, 3.05) is 13.7 Å². The van der Waals surface area contributed by atoms with Gasteiger partial charge in [0.05, 0.1) is 12.6 Å². The Morgan fingerprint density at radius 2 is 1.77 bits per heavy atom. The lowest BCUT2D eigenvalue weighted by molar-refractivity contribution is 0.0258. The Balaban J connectivity index is 1.36. The summed E-state index contributed by atoms with van der Waals surface area (Å²) in [5.74, 6) is 7.01. The van der Waals surface area contributed by atoms with Gasteiger partial charge in [0.1, 0.15) is 11.1 Å². The van der Waals surface area contributed by atoms with Gasteiger partial charge in [0.2, 0.25) is 0 Å². The van der Waals surface area contributed by atoms with Crippen molar-refractivity contribution in [3.63, 3.8) is 0 Å². The zero-order chi connectivity index (χ0) is 21.1. The summed E-state index contributed by atoms with van der Waals surface area (Å²) < 4.78 is 5.38. The summed E-state index contributed by atoms with van der Waals surface area (Å²) in [4.78, 5) is 0.791. The second-order valence-corrected chi connectivity index (χ2v) is 9.08. The van der Waals surface area contributed by atoms with Crippen molar-refractivity contribution < 1.29 is 9.84 Å². The van der Waals surface area contributed by atoms with Crippen LogP contribution in [0.1, 0.15) is 36.8 Å². The number of hydrogen-bond donors (Lipinski definition) is 3. The number of nitrogens with zero attached hydrogens (tertiary/aromatic N) is 1. The van der Waals surface area contributed by atoms with Crippen LogP contribution in [0.2, 0.25) is 0 Å². The minimum Gasteiger partial charge on any atom is -0.381 e. The van der Waals surface area contributed by atoms with Crippen molar-refractivity contribution >= 4 is 12.6 Å². The third-order valence-corrected chi connectivity index (χ3v) is 6.14. The highest BCUT2D eigenvalue weighted by Gasteiger charge is 2.33. The van der Waals surface area contributed by atoms with Crippen LogP contribution in [0.4, 0.5) is 0 Å². The van der Waals surface area contributed by atoms with E-state index in [-0.39, 0.29) is 6.17 Å². The number of rotatable bonds is 5. The minimum atomic E-state index is -1.15. The maximum Gasteiger partial charge on any atom is 0.143 e. The predicted molar refractivity (Wildman–Crippen MR) is 124 cm³/mol. The molecule has 1 aliphatic carbocycles. The molecule has 1 fully saturated rings. The van der Waals surface area contributed by atoms with Gasteiger partial charge in [-0.2, -0.15) is 0 Å². The number of benzene rings is 2. The van der Waals surface area contributed by atoms with E-state index in [1.807, 2.05) is 11.1 Å². The first kappa shape index (κ1) is 20.9. The average molecular weight is 421 g/mol. The maximum absolute atomic E-state index is 10.1. The van der Waals surface area contributed by atoms with E-state index in [2.05, 4.69) is 78.3 Å². The van der Waals surface area contributed by atoms with Crippen molar-refractivity contribution in [2.45, 2.75) is 42.9 Å². The fourth-order valence-electron chi connectivity index (χ4n) is 3.98. The van der Waals surface area contributed by atoms with Crippen molar-refractivity contribution in [1.82, 2.24) is 10.2 Å². The monoisotopic (exact) mass is 420 g/mol. The molecule has 5 heteroatoms. The van der Waals surface area contributed by atoms with E-state index >= 15 is 0 Å². The fraction of sp³-hybridized carbons (Fsp3) is 0.360. The smallest absolute Gasteiger partial charge is 0.143 e. The molecule has 2 aromatic carbocycles. The van der Waals surface area contributed by atoms with Crippen LogP contribution in [0.5, 0.6) is 0 Å². The second kappa shape index (κ2) is 8.77. The van der Waals surface area contributed by atoms with Crippen LogP contribution in [-0.2, 0) is 4.74 Å². The molecule has 0 spiro atoms. The van der Waals surface area contributed by atoms with Gasteiger partial charge in [-0.25, -0.2) is 0 Å². The van der Waals surface area contributed by atoms with Crippen LogP contribution >= 0.6 is 12.6 Å². The van der Waals surface area contributed by atoms with E-state index in [0.29, 0.717) is 18.6 Å². The first-order chi connectivity index (χ1) is 14.4. The van der Waals surface area contributed by atoms with E-state index in [1.54, 1.807) is 20.2 Å². The number of ether oxygens (including phenoxy) is 1. The van der Waals surface area contributed by atoms with Crippen molar-refractivity contribution in [3.8, 4) is 23.0 Å². The molecule has 2 N–H and O–H groups in total. The van der Waals surface area contributed by atoms with Gasteiger partial charge in [0, 0.05) is 25.1 Å². The fourth-order valence-corrected chi connectivity index (χ4v) is 4.21. The van der Waals surface area contributed by atoms with Gasteiger partial charge in [-0.15, -0.1) is 12.6 Å². The van der Waals surface area contributed by atoms with Gasteiger partial charge in [-0.3, -0.25) is 0 Å². The lowest BCUT2D eigenvalue weighted by atomic mass is 9.77. The summed E-state index contributed by atoms with van der Waals surface area (Å²) >= 11 is 4.24. The molecule has 4 rings (SSSR count). The zero-order valence-electron chi connectivity index (χ0n) is 17.4. The number of thiol groups is 1. The van der Waals surface area contributed by atoms with E-state index < -0.39 is 4.93 Å². The van der Waals surface area contributed by atoms with Crippen molar-refractivity contribution in [2.24, 2.45) is 0 Å². The Morgan fingerprint density at radius 3 is 2.37 bits per heavy atom. The van der Waals surface area contributed by atoms with Crippen LogP contribution in [0.15, 0.2) is 60.9 Å². The SMILES string of the molecule is COC1CC(c2ccc(-c3ccc(C#CCN4C=CNC4C(C)(O)S)cc3)cc2)C1. The van der Waals surface area contributed by atoms with Gasteiger partial charge >= 0.3 is 0 Å². The largest absolute Gasteiger partial charge is 0.381 e. The molecule has 0 saturated heterocycles. The normalized spacial score (nSPS) is 24.4. The first-order valence-electron chi connectivity index (χ1n) is 10.3. The Bertz CT molecular complexity index is 946. The lowest BCUT2D eigenvalue weighted by Gasteiger charge is -2.34. The number of nitrogens with one attached hydrogen (secondary N) is 1. The molecule has 1 aliphatic heterocycles. The van der Waals surface area contributed by atoms with Crippen molar-refractivity contribution in [3.05, 3.63) is 72.1 Å². The molecule has 2 unspecified atom stereocenters. The molecular formula is C25H28N2O2S. The Hall–Kier alpha value is -2.39. The Morgan fingerprint density at radius 1 is 1.13 bits per heavy atom. The third-order valence-electron chi connectivity index (χ3n) is 5.89. The summed E-state index contributed by atoms with van der Waals surface area (Å²) in [5.41, 5.74) is 4.78. The highest BCUT2D eigenvalue weighted by molar-refractivity contribution is 7.81. The van der Waals surface area contributed by atoms with Crippen LogP contribution in [0.25, 0.3) is 11.1 Å². The standard InChI is InChI=1S/C25H28N2O2S/c1-25(28,30)24-26-13-15-27(24)14-3-4-18-5-7-19(8-6-18)20-9-11-21(12-10-20)22-16-23(17-22)29-2/h5-13,15,22-24,26,28,30H,14,16-17H2,1-2H3. The Labute approximate surface area is 184 Å². The number of hydrogen-bond acceptors (Lipinski definition) is 5. The third kappa shape index (κ3) is 4.67. The lowest BCUT2D eigenvalue weighted by Crippen LogP contribution is -2.50. The van der Waals surface area contributed by atoms with Crippen LogP contribution in [0.3, 0.4) is 0 Å². The maximum atomic E-state index is 10.1. The molecular weight excluding hydrogens is 392 g/mol. The van der Waals surface area contributed by atoms with Gasteiger partial charge in [0.25, 0.3) is 0 Å². The van der Waals surface area contributed by atoms with E-state index in [0.717, 1.165) is 18.4 Å². The molecule has 2 atom stereocenters. The molecule has 1 heterocycles. The van der Waals surface area contributed by atoms with Gasteiger partial charge in [-0.05, 0) is 54.5 Å². The Kier molecular flexibility index (Phi) is 6.10. The topological polar surface area (TPSA) is 44.7 Å². The highest BCUT2D eigenvalue weighted by atomic mass is 32.1. The summed E-state index contributed by atoms with van der Waals surface area (Å²) in [6, 6.07) is 17.2. The van der Waals surface area contributed by atoms with Crippen molar-refractivity contribution in [1.29, 1.82) is 0 Å². The molecule has 0 amide bonds. The molecule has 0 aromatic heterocycles. The summed E-state index contributed by atoms with van der Waals surface area (Å²) in [6.07, 6.45) is 6.07. The predicted octanol–water partition coefficient (Wildman–Crippen LogP) is 3.94. The molecule has 30 heavy (non-hydrogen) atoms. The molecule has 1 saturated carbocycles. The number of aliphatic hydroxyl groups is 1. The zero-order valence-corrected chi connectivity index (χ0v) is 18.3. The minimum absolute atomic E-state index is 0.291. The summed E-state index contributed by atoms with van der Waals surface area (Å²) in [6.45, 7) is 2.17. The van der Waals surface area contributed by atoms with E-state index in [1.165, 1.54) is 16.7 Å². The van der Waals surface area contributed by atoms with E-state index in [4.69, 9.17) is 4.74 Å². The summed E-state index contributed by atoms with van der Waals surface area (Å²) in [7, 11) is 1.79. The molecule has 0 radical (unpaired) electrons.